The van der Waals surface area contributed by atoms with Gasteiger partial charge in [-0.2, -0.15) is 0 Å². The van der Waals surface area contributed by atoms with E-state index in [9.17, 15) is 0 Å². The summed E-state index contributed by atoms with van der Waals surface area (Å²) in [5, 5.41) is 2.52. The molecule has 0 aromatic heterocycles. The van der Waals surface area contributed by atoms with Crippen LogP contribution < -0.4 is 0 Å². The third-order valence-electron chi connectivity index (χ3n) is 2.85. The van der Waals surface area contributed by atoms with E-state index in [1.54, 1.807) is 0 Å². The molecule has 1 nitrogen and oxygen atoms in total. The molecular weight excluding hydrogens is 182 g/mol. The predicted molar refractivity (Wildman–Crippen MR) is 66.5 cm³/mol. The number of hydrogen-bond donors (Lipinski definition) is 0. The first-order chi connectivity index (χ1) is 7.13. The Morgan fingerprint density at radius 1 is 1.00 bits per heavy atom. The molecule has 2 aromatic carbocycles. The van der Waals surface area contributed by atoms with Crippen LogP contribution in [0.2, 0.25) is 0 Å². The average molecular weight is 197 g/mol. The molecule has 1 heteroatoms. The van der Waals surface area contributed by atoms with E-state index in [0.717, 1.165) is 0 Å². The highest BCUT2D eigenvalue weighted by Crippen LogP contribution is 2.27. The third-order valence-corrected chi connectivity index (χ3v) is 2.85. The van der Waals surface area contributed by atoms with Crippen molar-refractivity contribution in [2.24, 2.45) is 4.99 Å². The Morgan fingerprint density at radius 2 is 1.67 bits per heavy atom. The third kappa shape index (κ3) is 1.78. The summed E-state index contributed by atoms with van der Waals surface area (Å²) in [6, 6.07) is 14.8. The molecule has 0 aliphatic heterocycles. The molecule has 2 aromatic rings. The van der Waals surface area contributed by atoms with Gasteiger partial charge in [-0.05, 0) is 43.0 Å². The molecule has 0 atom stereocenters. The first-order valence-electron chi connectivity index (χ1n) is 5.11. The predicted octanol–water partition coefficient (Wildman–Crippen LogP) is 3.78. The maximum atomic E-state index is 4.15. The summed E-state index contributed by atoms with van der Waals surface area (Å²) in [6.07, 6.45) is 0. The molecule has 0 bridgehead atoms. The first kappa shape index (κ1) is 9.91. The number of nitrogens with zero attached hydrogens (tertiary/aromatic N) is 1. The summed E-state index contributed by atoms with van der Waals surface area (Å²) in [4.78, 5) is 4.15. The van der Waals surface area contributed by atoms with Gasteiger partial charge in [0.2, 0.25) is 0 Å². The second-order valence-corrected chi connectivity index (χ2v) is 4.28. The lowest BCUT2D eigenvalue weighted by Gasteiger charge is -2.19. The maximum absolute atomic E-state index is 4.15. The van der Waals surface area contributed by atoms with Crippen molar-refractivity contribution >= 4 is 17.5 Å². The number of aliphatic imine (C=N–C) groups is 1. The fraction of sp³-hybridized carbons (Fsp3) is 0.214. The normalized spacial score (nSPS) is 11.6. The summed E-state index contributed by atoms with van der Waals surface area (Å²) in [6.45, 7) is 7.79. The summed E-state index contributed by atoms with van der Waals surface area (Å²) in [5.74, 6) is 0. The number of hydrogen-bond acceptors (Lipinski definition) is 1. The van der Waals surface area contributed by atoms with Crippen LogP contribution in [0.25, 0.3) is 10.8 Å². The van der Waals surface area contributed by atoms with Gasteiger partial charge in [0.15, 0.2) is 0 Å². The van der Waals surface area contributed by atoms with Gasteiger partial charge in [-0.25, -0.2) is 0 Å². The van der Waals surface area contributed by atoms with Crippen molar-refractivity contribution in [1.29, 1.82) is 0 Å². The highest BCUT2D eigenvalue weighted by Gasteiger charge is 2.17. The highest BCUT2D eigenvalue weighted by molar-refractivity contribution is 5.83. The Labute approximate surface area is 90.5 Å². The van der Waals surface area contributed by atoms with Crippen LogP contribution in [0.5, 0.6) is 0 Å². The maximum Gasteiger partial charge on any atom is 0.0793 e. The number of fused-ring (bicyclic) bond motifs is 1. The molecule has 0 saturated carbocycles. The monoisotopic (exact) mass is 197 g/mol. The van der Waals surface area contributed by atoms with Gasteiger partial charge < -0.3 is 0 Å². The van der Waals surface area contributed by atoms with Gasteiger partial charge in [-0.1, -0.05) is 36.4 Å². The standard InChI is InChI=1S/C14H15N/c1-14(2,15-3)13-9-8-11-6-4-5-7-12(11)10-13/h4-10H,3H2,1-2H3. The number of benzene rings is 2. The van der Waals surface area contributed by atoms with E-state index >= 15 is 0 Å². The van der Waals surface area contributed by atoms with Gasteiger partial charge in [0.25, 0.3) is 0 Å². The van der Waals surface area contributed by atoms with Crippen LogP contribution in [-0.2, 0) is 5.54 Å². The van der Waals surface area contributed by atoms with Crippen LogP contribution in [0.15, 0.2) is 47.5 Å². The summed E-state index contributed by atoms with van der Waals surface area (Å²) < 4.78 is 0. The second kappa shape index (κ2) is 3.50. The zero-order chi connectivity index (χ0) is 10.9. The van der Waals surface area contributed by atoms with Gasteiger partial charge in [0.05, 0.1) is 5.54 Å². The van der Waals surface area contributed by atoms with E-state index in [2.05, 4.69) is 68.0 Å². The molecule has 2 rings (SSSR count). The van der Waals surface area contributed by atoms with Crippen molar-refractivity contribution in [3.8, 4) is 0 Å². The molecular formula is C14H15N. The minimum Gasteiger partial charge on any atom is -0.290 e. The van der Waals surface area contributed by atoms with Crippen molar-refractivity contribution in [2.75, 3.05) is 0 Å². The van der Waals surface area contributed by atoms with Crippen LogP contribution in [-0.4, -0.2) is 6.72 Å². The van der Waals surface area contributed by atoms with Crippen molar-refractivity contribution in [1.82, 2.24) is 0 Å². The van der Waals surface area contributed by atoms with Gasteiger partial charge in [-0.3, -0.25) is 4.99 Å². The lowest BCUT2D eigenvalue weighted by Crippen LogP contribution is -2.12. The van der Waals surface area contributed by atoms with Crippen LogP contribution in [0, 0.1) is 0 Å². The molecule has 0 amide bonds. The molecule has 76 valence electrons. The number of rotatable bonds is 2. The van der Waals surface area contributed by atoms with Gasteiger partial charge in [0.1, 0.15) is 0 Å². The SMILES string of the molecule is C=NC(C)(C)c1ccc2ccccc2c1. The van der Waals surface area contributed by atoms with Crippen LogP contribution in [0.3, 0.4) is 0 Å². The summed E-state index contributed by atoms with van der Waals surface area (Å²) in [7, 11) is 0. The minimum absolute atomic E-state index is 0.204. The largest absolute Gasteiger partial charge is 0.290 e. The molecule has 0 fully saturated rings. The van der Waals surface area contributed by atoms with Crippen molar-refractivity contribution in [3.63, 3.8) is 0 Å². The van der Waals surface area contributed by atoms with Gasteiger partial charge >= 0.3 is 0 Å². The van der Waals surface area contributed by atoms with Crippen molar-refractivity contribution in [3.05, 3.63) is 48.0 Å². The molecule has 0 heterocycles. The molecule has 0 N–H and O–H groups in total. The van der Waals surface area contributed by atoms with Gasteiger partial charge in [0, 0.05) is 0 Å². The molecule has 15 heavy (non-hydrogen) atoms. The van der Waals surface area contributed by atoms with E-state index in [-0.39, 0.29) is 5.54 Å². The lowest BCUT2D eigenvalue weighted by molar-refractivity contribution is 0.564. The lowest BCUT2D eigenvalue weighted by atomic mass is 9.93. The first-order valence-corrected chi connectivity index (χ1v) is 5.11. The van der Waals surface area contributed by atoms with Crippen molar-refractivity contribution in [2.45, 2.75) is 19.4 Å². The zero-order valence-corrected chi connectivity index (χ0v) is 9.20. The van der Waals surface area contributed by atoms with Crippen LogP contribution >= 0.6 is 0 Å². The molecule has 0 unspecified atom stereocenters. The summed E-state index contributed by atoms with van der Waals surface area (Å²) in [5.41, 5.74) is 1.00. The second-order valence-electron chi connectivity index (χ2n) is 4.28. The molecule has 0 radical (unpaired) electrons. The Balaban J connectivity index is 2.61. The topological polar surface area (TPSA) is 12.4 Å². The Kier molecular flexibility index (Phi) is 2.31. The van der Waals surface area contributed by atoms with E-state index in [1.807, 2.05) is 0 Å². The van der Waals surface area contributed by atoms with Gasteiger partial charge in [-0.15, -0.1) is 0 Å². The fourth-order valence-electron chi connectivity index (χ4n) is 1.66. The van der Waals surface area contributed by atoms with E-state index < -0.39 is 0 Å². The zero-order valence-electron chi connectivity index (χ0n) is 9.20. The summed E-state index contributed by atoms with van der Waals surface area (Å²) >= 11 is 0. The quantitative estimate of drug-likeness (QED) is 0.650. The van der Waals surface area contributed by atoms with E-state index in [0.29, 0.717) is 0 Å². The molecule has 0 spiro atoms. The Morgan fingerprint density at radius 3 is 2.33 bits per heavy atom. The van der Waals surface area contributed by atoms with Crippen molar-refractivity contribution < 1.29 is 0 Å². The van der Waals surface area contributed by atoms with Crippen LogP contribution in [0.1, 0.15) is 19.4 Å². The smallest absolute Gasteiger partial charge is 0.0793 e. The Hall–Kier alpha value is -1.63. The van der Waals surface area contributed by atoms with E-state index in [1.165, 1.54) is 16.3 Å². The fourth-order valence-corrected chi connectivity index (χ4v) is 1.66. The highest BCUT2D eigenvalue weighted by atomic mass is 14.8. The van der Waals surface area contributed by atoms with E-state index in [4.69, 9.17) is 0 Å². The average Bonchev–Trinajstić information content (AvgIpc) is 2.28. The molecule has 0 aliphatic carbocycles. The van der Waals surface area contributed by atoms with Crippen LogP contribution in [0.4, 0.5) is 0 Å². The molecule has 0 aliphatic rings. The minimum atomic E-state index is -0.204. The molecule has 0 saturated heterocycles. The Bertz CT molecular complexity index is 497.